The van der Waals surface area contributed by atoms with Crippen LogP contribution >= 0.6 is 35.0 Å². The fourth-order valence-corrected chi connectivity index (χ4v) is 4.72. The van der Waals surface area contributed by atoms with E-state index in [9.17, 15) is 24.5 Å². The molecular weight excluding hydrogens is 543 g/mol. The van der Waals surface area contributed by atoms with Crippen LogP contribution in [0.1, 0.15) is 21.5 Å². The minimum absolute atomic E-state index is 0.0681. The lowest BCUT2D eigenvalue weighted by atomic mass is 10.1. The number of ether oxygens (including phenoxy) is 2. The van der Waals surface area contributed by atoms with Gasteiger partial charge in [-0.05, 0) is 59.8 Å². The summed E-state index contributed by atoms with van der Waals surface area (Å²) in [5.41, 5.74) is 0.949. The maximum Gasteiger partial charge on any atom is 0.343 e. The molecule has 3 aromatic carbocycles. The largest absolute Gasteiger partial charge is 0.493 e. The summed E-state index contributed by atoms with van der Waals surface area (Å²) in [4.78, 5) is 49.4. The number of carbonyl (C=O) groups excluding carboxylic acids is 3. The van der Waals surface area contributed by atoms with Crippen molar-refractivity contribution in [3.63, 3.8) is 0 Å². The molecule has 0 saturated carbocycles. The van der Waals surface area contributed by atoms with Crippen LogP contribution < -0.4 is 9.47 Å². The van der Waals surface area contributed by atoms with Gasteiger partial charge < -0.3 is 9.47 Å². The quantitative estimate of drug-likeness (QED) is 0.108. The molecule has 12 heteroatoms. The van der Waals surface area contributed by atoms with Gasteiger partial charge in [-0.25, -0.2) is 4.79 Å². The smallest absolute Gasteiger partial charge is 0.343 e. The van der Waals surface area contributed by atoms with E-state index in [4.69, 9.17) is 32.7 Å². The molecule has 1 aliphatic rings. The van der Waals surface area contributed by atoms with Gasteiger partial charge in [0.1, 0.15) is 0 Å². The molecule has 9 nitrogen and oxygen atoms in total. The number of carbonyl (C=O) groups is 3. The van der Waals surface area contributed by atoms with Gasteiger partial charge in [0.2, 0.25) is 0 Å². The summed E-state index contributed by atoms with van der Waals surface area (Å²) in [6, 6.07) is 14.5. The molecule has 188 valence electrons. The number of esters is 1. The highest BCUT2D eigenvalue weighted by Gasteiger charge is 2.35. The Morgan fingerprint density at radius 3 is 2.35 bits per heavy atom. The summed E-state index contributed by atoms with van der Waals surface area (Å²) < 4.78 is 10.7. The Kier molecular flexibility index (Phi) is 7.82. The molecule has 3 aromatic rings. The lowest BCUT2D eigenvalue weighted by molar-refractivity contribution is -0.384. The second-order valence-electron chi connectivity index (χ2n) is 7.57. The van der Waals surface area contributed by atoms with E-state index in [1.165, 1.54) is 49.6 Å². The number of halogens is 2. The third-order valence-electron chi connectivity index (χ3n) is 5.25. The van der Waals surface area contributed by atoms with Crippen LogP contribution in [0.4, 0.5) is 10.5 Å². The zero-order chi connectivity index (χ0) is 26.7. The predicted octanol–water partition coefficient (Wildman–Crippen LogP) is 6.37. The van der Waals surface area contributed by atoms with Crippen molar-refractivity contribution in [3.05, 3.63) is 102 Å². The highest BCUT2D eigenvalue weighted by molar-refractivity contribution is 8.18. The van der Waals surface area contributed by atoms with Crippen LogP contribution in [-0.2, 0) is 11.3 Å². The Bertz CT molecular complexity index is 1440. The van der Waals surface area contributed by atoms with Gasteiger partial charge in [-0.2, -0.15) is 0 Å². The summed E-state index contributed by atoms with van der Waals surface area (Å²) in [5, 5.41) is 11.0. The van der Waals surface area contributed by atoms with Gasteiger partial charge in [0.25, 0.3) is 16.8 Å². The normalized spacial score (nSPS) is 14.2. The molecule has 1 saturated heterocycles. The number of methoxy groups -OCH3 is 1. The molecule has 4 rings (SSSR count). The van der Waals surface area contributed by atoms with Gasteiger partial charge in [0.15, 0.2) is 11.5 Å². The molecule has 1 fully saturated rings. The number of hydrogen-bond acceptors (Lipinski definition) is 8. The SMILES string of the molecule is COc1cc(/C=C2\SC(=O)N(Cc3c(Cl)cccc3Cl)C2=O)ccc1OC(=O)c1ccc([N+](=O)[O-])cc1. The zero-order valence-electron chi connectivity index (χ0n) is 19.0. The van der Waals surface area contributed by atoms with E-state index < -0.39 is 22.0 Å². The molecule has 0 unspecified atom stereocenters. The Morgan fingerprint density at radius 2 is 1.73 bits per heavy atom. The first kappa shape index (κ1) is 26.2. The summed E-state index contributed by atoms with van der Waals surface area (Å²) in [6.07, 6.45) is 1.52. The van der Waals surface area contributed by atoms with Crippen molar-refractivity contribution in [1.82, 2.24) is 4.90 Å². The molecule has 0 radical (unpaired) electrons. The number of hydrogen-bond donors (Lipinski definition) is 0. The van der Waals surface area contributed by atoms with Crippen LogP contribution in [0.5, 0.6) is 11.5 Å². The van der Waals surface area contributed by atoms with E-state index in [1.807, 2.05) is 0 Å². The first-order valence-electron chi connectivity index (χ1n) is 10.5. The van der Waals surface area contributed by atoms with Crippen molar-refractivity contribution >= 4 is 63.8 Å². The summed E-state index contributed by atoms with van der Waals surface area (Å²) in [6.45, 7) is -0.0681. The number of non-ortho nitro benzene ring substituents is 1. The third kappa shape index (κ3) is 5.77. The Balaban J connectivity index is 1.51. The number of rotatable bonds is 7. The summed E-state index contributed by atoms with van der Waals surface area (Å²) in [5.74, 6) is -0.936. The van der Waals surface area contributed by atoms with Crippen LogP contribution in [-0.4, -0.2) is 34.0 Å². The molecule has 2 amide bonds. The number of amides is 2. The van der Waals surface area contributed by atoms with Crippen LogP contribution in [0.2, 0.25) is 10.0 Å². The number of nitrogens with zero attached hydrogens (tertiary/aromatic N) is 2. The predicted molar refractivity (Wildman–Crippen MR) is 139 cm³/mol. The van der Waals surface area contributed by atoms with E-state index in [-0.39, 0.29) is 34.2 Å². The van der Waals surface area contributed by atoms with Gasteiger partial charge in [-0.1, -0.05) is 35.3 Å². The molecule has 37 heavy (non-hydrogen) atoms. The van der Waals surface area contributed by atoms with Crippen molar-refractivity contribution in [2.24, 2.45) is 0 Å². The molecule has 0 N–H and O–H groups in total. The monoisotopic (exact) mass is 558 g/mol. The van der Waals surface area contributed by atoms with Crippen molar-refractivity contribution in [1.29, 1.82) is 0 Å². The number of nitro benzene ring substituents is 1. The molecule has 0 atom stereocenters. The number of imide groups is 1. The van der Waals surface area contributed by atoms with Gasteiger partial charge in [-0.15, -0.1) is 0 Å². The van der Waals surface area contributed by atoms with Crippen LogP contribution in [0.25, 0.3) is 6.08 Å². The van der Waals surface area contributed by atoms with Gasteiger partial charge >= 0.3 is 5.97 Å². The highest BCUT2D eigenvalue weighted by atomic mass is 35.5. The number of nitro groups is 1. The third-order valence-corrected chi connectivity index (χ3v) is 6.87. The first-order valence-corrected chi connectivity index (χ1v) is 12.1. The summed E-state index contributed by atoms with van der Waals surface area (Å²) in [7, 11) is 1.38. The Hall–Kier alpha value is -3.86. The minimum Gasteiger partial charge on any atom is -0.493 e. The van der Waals surface area contributed by atoms with Crippen LogP contribution in [0, 0.1) is 10.1 Å². The summed E-state index contributed by atoms with van der Waals surface area (Å²) >= 11 is 13.1. The zero-order valence-corrected chi connectivity index (χ0v) is 21.3. The average Bonchev–Trinajstić information content (AvgIpc) is 3.14. The minimum atomic E-state index is -0.736. The molecule has 0 aromatic heterocycles. The van der Waals surface area contributed by atoms with Crippen molar-refractivity contribution in [2.45, 2.75) is 6.54 Å². The average molecular weight is 559 g/mol. The van der Waals surface area contributed by atoms with Crippen molar-refractivity contribution < 1.29 is 28.8 Å². The fraction of sp³-hybridized carbons (Fsp3) is 0.0800. The maximum atomic E-state index is 12.9. The van der Waals surface area contributed by atoms with E-state index in [0.717, 1.165) is 16.7 Å². The Labute approximate surface area is 224 Å². The molecule has 0 bridgehead atoms. The maximum absolute atomic E-state index is 12.9. The van der Waals surface area contributed by atoms with Crippen molar-refractivity contribution in [3.8, 4) is 11.5 Å². The second kappa shape index (κ2) is 11.0. The molecule has 0 spiro atoms. The van der Waals surface area contributed by atoms with Crippen LogP contribution in [0.3, 0.4) is 0 Å². The van der Waals surface area contributed by atoms with E-state index in [2.05, 4.69) is 0 Å². The second-order valence-corrected chi connectivity index (χ2v) is 9.38. The van der Waals surface area contributed by atoms with Gasteiger partial charge in [0, 0.05) is 27.7 Å². The first-order chi connectivity index (χ1) is 17.7. The number of benzene rings is 3. The molecule has 0 aliphatic carbocycles. The van der Waals surface area contributed by atoms with Crippen molar-refractivity contribution in [2.75, 3.05) is 7.11 Å². The van der Waals surface area contributed by atoms with E-state index in [0.29, 0.717) is 21.2 Å². The van der Waals surface area contributed by atoms with Crippen LogP contribution in [0.15, 0.2) is 65.6 Å². The fourth-order valence-electron chi connectivity index (χ4n) is 3.37. The van der Waals surface area contributed by atoms with E-state index >= 15 is 0 Å². The highest BCUT2D eigenvalue weighted by Crippen LogP contribution is 2.37. The number of thioether (sulfide) groups is 1. The van der Waals surface area contributed by atoms with E-state index in [1.54, 1.807) is 24.3 Å². The van der Waals surface area contributed by atoms with Gasteiger partial charge in [-0.3, -0.25) is 24.6 Å². The standard InChI is InChI=1S/C25H16Cl2N2O7S/c1-35-21-11-14(5-10-20(21)36-24(31)15-6-8-16(9-7-15)29(33)34)12-22-23(30)28(25(32)37-22)13-17-18(26)3-2-4-19(17)27/h2-12H,13H2,1H3/b22-12-. The molecule has 1 heterocycles. The molecular formula is C25H16Cl2N2O7S. The lowest BCUT2D eigenvalue weighted by Crippen LogP contribution is -2.27. The Morgan fingerprint density at radius 1 is 1.05 bits per heavy atom. The molecule has 1 aliphatic heterocycles. The topological polar surface area (TPSA) is 116 Å². The van der Waals surface area contributed by atoms with Gasteiger partial charge in [0.05, 0.1) is 29.0 Å². The lowest BCUT2D eigenvalue weighted by Gasteiger charge is -2.14.